The van der Waals surface area contributed by atoms with E-state index in [0.717, 1.165) is 45.4 Å². The highest BCUT2D eigenvalue weighted by Gasteiger charge is 2.31. The normalized spacial score (nSPS) is 17.7. The van der Waals surface area contributed by atoms with Crippen molar-refractivity contribution < 1.29 is 13.2 Å². The Morgan fingerprint density at radius 1 is 1.26 bits per heavy atom. The van der Waals surface area contributed by atoms with E-state index in [1.807, 2.05) is 6.92 Å². The van der Waals surface area contributed by atoms with Gasteiger partial charge in [0.1, 0.15) is 0 Å². The number of likely N-dealkylation sites (N-methyl/N-ethyl adjacent to an activating group) is 1. The number of nitrogens with one attached hydrogen (secondary N) is 1. The molecule has 3 rings (SSSR count). The van der Waals surface area contributed by atoms with Crippen molar-refractivity contribution in [2.24, 2.45) is 0 Å². The average molecular weight is 448 g/mol. The molecule has 1 amide bonds. The highest BCUT2D eigenvalue weighted by atomic mass is 32.2. The van der Waals surface area contributed by atoms with E-state index in [0.29, 0.717) is 17.8 Å². The fourth-order valence-electron chi connectivity index (χ4n) is 3.90. The topological polar surface area (TPSA) is 87.5 Å². The zero-order chi connectivity index (χ0) is 22.4. The molecule has 1 aliphatic rings. The maximum Gasteiger partial charge on any atom is 0.255 e. The van der Waals surface area contributed by atoms with Crippen molar-refractivity contribution >= 4 is 21.6 Å². The molecule has 0 bridgehead atoms. The summed E-state index contributed by atoms with van der Waals surface area (Å²) in [4.78, 5) is 15.2. The monoisotopic (exact) mass is 447 g/mol. The van der Waals surface area contributed by atoms with Crippen molar-refractivity contribution in [2.75, 3.05) is 31.5 Å². The van der Waals surface area contributed by atoms with Crippen molar-refractivity contribution in [2.45, 2.75) is 57.5 Å². The summed E-state index contributed by atoms with van der Waals surface area (Å²) in [5.41, 5.74) is 0.893. The van der Waals surface area contributed by atoms with Crippen LogP contribution in [0.2, 0.25) is 0 Å². The average Bonchev–Trinajstić information content (AvgIpc) is 3.22. The van der Waals surface area contributed by atoms with Crippen LogP contribution in [-0.4, -0.2) is 65.5 Å². The zero-order valence-corrected chi connectivity index (χ0v) is 19.4. The van der Waals surface area contributed by atoms with Crippen LogP contribution in [0.3, 0.4) is 0 Å². The lowest BCUT2D eigenvalue weighted by Crippen LogP contribution is -2.41. The van der Waals surface area contributed by atoms with Gasteiger partial charge in [0, 0.05) is 30.9 Å². The Labute approximate surface area is 185 Å². The minimum Gasteiger partial charge on any atom is -0.319 e. The van der Waals surface area contributed by atoms with E-state index < -0.39 is 10.0 Å². The number of anilines is 1. The SMILES string of the molecule is CCN(CC)CCn1cc(NC(=O)c2cccc(S(=O)(=O)N3CCCCC3C)c2)cn1. The van der Waals surface area contributed by atoms with Gasteiger partial charge in [0.05, 0.1) is 23.3 Å². The first-order chi connectivity index (χ1) is 14.8. The first kappa shape index (κ1) is 23.4. The molecule has 2 heterocycles. The molecule has 31 heavy (non-hydrogen) atoms. The second kappa shape index (κ2) is 10.4. The Balaban J connectivity index is 1.68. The summed E-state index contributed by atoms with van der Waals surface area (Å²) < 4.78 is 29.5. The third kappa shape index (κ3) is 5.72. The molecule has 170 valence electrons. The molecule has 0 radical (unpaired) electrons. The fraction of sp³-hybridized carbons (Fsp3) is 0.545. The van der Waals surface area contributed by atoms with E-state index in [-0.39, 0.29) is 16.8 Å². The van der Waals surface area contributed by atoms with Crippen LogP contribution in [0, 0.1) is 0 Å². The highest BCUT2D eigenvalue weighted by Crippen LogP contribution is 2.25. The van der Waals surface area contributed by atoms with Crippen LogP contribution in [-0.2, 0) is 16.6 Å². The largest absolute Gasteiger partial charge is 0.319 e. The van der Waals surface area contributed by atoms with E-state index in [9.17, 15) is 13.2 Å². The first-order valence-electron chi connectivity index (χ1n) is 11.0. The lowest BCUT2D eigenvalue weighted by Gasteiger charge is -2.32. The third-order valence-corrected chi connectivity index (χ3v) is 7.89. The van der Waals surface area contributed by atoms with Crippen molar-refractivity contribution in [3.8, 4) is 0 Å². The molecular formula is C22H33N5O3S. The number of hydrogen-bond donors (Lipinski definition) is 1. The van der Waals surface area contributed by atoms with Gasteiger partial charge in [0.15, 0.2) is 0 Å². The number of benzene rings is 1. The molecule has 1 fully saturated rings. The summed E-state index contributed by atoms with van der Waals surface area (Å²) in [6.45, 7) is 10.3. The Kier molecular flexibility index (Phi) is 7.85. The number of nitrogens with zero attached hydrogens (tertiary/aromatic N) is 4. The molecule has 1 atom stereocenters. The Morgan fingerprint density at radius 2 is 2.03 bits per heavy atom. The fourth-order valence-corrected chi connectivity index (χ4v) is 5.65. The molecule has 1 saturated heterocycles. The number of amides is 1. The lowest BCUT2D eigenvalue weighted by atomic mass is 10.1. The van der Waals surface area contributed by atoms with E-state index in [1.54, 1.807) is 39.6 Å². The molecule has 2 aromatic rings. The van der Waals surface area contributed by atoms with Crippen LogP contribution < -0.4 is 5.32 Å². The van der Waals surface area contributed by atoms with Gasteiger partial charge in [-0.2, -0.15) is 9.40 Å². The second-order valence-electron chi connectivity index (χ2n) is 7.96. The number of piperidine rings is 1. The second-order valence-corrected chi connectivity index (χ2v) is 9.85. The van der Waals surface area contributed by atoms with Crippen molar-refractivity contribution in [3.63, 3.8) is 0 Å². The van der Waals surface area contributed by atoms with Crippen molar-refractivity contribution in [1.29, 1.82) is 0 Å². The number of carbonyl (C=O) groups excluding carboxylic acids is 1. The number of aromatic nitrogens is 2. The third-order valence-electron chi connectivity index (χ3n) is 5.88. The molecule has 1 aromatic heterocycles. The Morgan fingerprint density at radius 3 is 2.74 bits per heavy atom. The van der Waals surface area contributed by atoms with Gasteiger partial charge in [0.25, 0.3) is 5.91 Å². The van der Waals surface area contributed by atoms with Gasteiger partial charge in [-0.15, -0.1) is 0 Å². The maximum atomic E-state index is 13.1. The lowest BCUT2D eigenvalue weighted by molar-refractivity contribution is 0.102. The van der Waals surface area contributed by atoms with Crippen LogP contribution in [0.25, 0.3) is 0 Å². The van der Waals surface area contributed by atoms with Gasteiger partial charge in [-0.05, 0) is 51.1 Å². The molecule has 1 N–H and O–H groups in total. The van der Waals surface area contributed by atoms with Gasteiger partial charge >= 0.3 is 0 Å². The van der Waals surface area contributed by atoms with E-state index >= 15 is 0 Å². The molecule has 0 saturated carbocycles. The highest BCUT2D eigenvalue weighted by molar-refractivity contribution is 7.89. The minimum absolute atomic E-state index is 0.0292. The van der Waals surface area contributed by atoms with E-state index in [2.05, 4.69) is 29.2 Å². The maximum absolute atomic E-state index is 13.1. The molecular weight excluding hydrogens is 414 g/mol. The smallest absolute Gasteiger partial charge is 0.255 e. The molecule has 1 aliphatic heterocycles. The van der Waals surface area contributed by atoms with Gasteiger partial charge in [-0.1, -0.05) is 26.3 Å². The summed E-state index contributed by atoms with van der Waals surface area (Å²) in [6.07, 6.45) is 6.16. The summed E-state index contributed by atoms with van der Waals surface area (Å²) in [5.74, 6) is -0.355. The molecule has 1 aromatic carbocycles. The molecule has 0 aliphatic carbocycles. The Bertz CT molecular complexity index is 985. The predicted octanol–water partition coefficient (Wildman–Crippen LogP) is 3.04. The first-order valence-corrected chi connectivity index (χ1v) is 12.5. The van der Waals surface area contributed by atoms with Gasteiger partial charge in [0.2, 0.25) is 10.0 Å². The predicted molar refractivity (Wildman–Crippen MR) is 122 cm³/mol. The van der Waals surface area contributed by atoms with E-state index in [1.165, 1.54) is 6.07 Å². The van der Waals surface area contributed by atoms with Gasteiger partial charge in [-0.25, -0.2) is 8.42 Å². The standard InChI is InChI=1S/C22H33N5O3S/c1-4-25(5-2)13-14-26-17-20(16-23-26)24-22(28)19-10-8-11-21(15-19)31(29,30)27-12-7-6-9-18(27)3/h8,10-11,15-18H,4-7,9,12-14H2,1-3H3,(H,24,28). The summed E-state index contributed by atoms with van der Waals surface area (Å²) in [6, 6.07) is 6.22. The number of hydrogen-bond acceptors (Lipinski definition) is 5. The van der Waals surface area contributed by atoms with Crippen molar-refractivity contribution in [1.82, 2.24) is 19.0 Å². The molecule has 1 unspecified atom stereocenters. The number of sulfonamides is 1. The van der Waals surface area contributed by atoms with Crippen LogP contribution >= 0.6 is 0 Å². The number of carbonyl (C=O) groups is 1. The van der Waals surface area contributed by atoms with Crippen LogP contribution in [0.5, 0.6) is 0 Å². The zero-order valence-electron chi connectivity index (χ0n) is 18.6. The van der Waals surface area contributed by atoms with E-state index in [4.69, 9.17) is 0 Å². The quantitative estimate of drug-likeness (QED) is 0.638. The summed E-state index contributed by atoms with van der Waals surface area (Å²) >= 11 is 0. The molecule has 8 nitrogen and oxygen atoms in total. The van der Waals surface area contributed by atoms with Gasteiger partial charge in [-0.3, -0.25) is 9.48 Å². The van der Waals surface area contributed by atoms with Crippen LogP contribution in [0.4, 0.5) is 5.69 Å². The van der Waals surface area contributed by atoms with Gasteiger partial charge < -0.3 is 10.2 Å². The summed E-state index contributed by atoms with van der Waals surface area (Å²) in [7, 11) is -3.62. The van der Waals surface area contributed by atoms with Crippen molar-refractivity contribution in [3.05, 3.63) is 42.2 Å². The minimum atomic E-state index is -3.62. The van der Waals surface area contributed by atoms with Crippen LogP contribution in [0.1, 0.15) is 50.4 Å². The van der Waals surface area contributed by atoms with Crippen LogP contribution in [0.15, 0.2) is 41.6 Å². The molecule has 9 heteroatoms. The Hall–Kier alpha value is -2.23. The molecule has 0 spiro atoms. The number of rotatable bonds is 9. The summed E-state index contributed by atoms with van der Waals surface area (Å²) in [5, 5.41) is 7.12.